The van der Waals surface area contributed by atoms with E-state index in [0.717, 1.165) is 24.3 Å². The van der Waals surface area contributed by atoms with Gasteiger partial charge >= 0.3 is 0 Å². The zero-order valence-corrected chi connectivity index (χ0v) is 25.7. The molecule has 2 heteroatoms. The van der Waals surface area contributed by atoms with E-state index < -0.39 is 0 Å². The molecule has 206 valence electrons. The van der Waals surface area contributed by atoms with Crippen LogP contribution in [0, 0.1) is 17.8 Å². The van der Waals surface area contributed by atoms with Gasteiger partial charge in [0.05, 0.1) is 10.9 Å². The van der Waals surface area contributed by atoms with Crippen molar-refractivity contribution in [3.8, 4) is 22.8 Å². The molecule has 1 aliphatic rings. The lowest BCUT2D eigenvalue weighted by atomic mass is 9.80. The maximum absolute atomic E-state index is 7.16. The number of nitrogens with zero attached hydrogens (tertiary/aromatic N) is 1. The Morgan fingerprint density at radius 2 is 1.37 bits per heavy atom. The Labute approximate surface area is 243 Å². The fourth-order valence-corrected chi connectivity index (χ4v) is 7.04. The monoisotopic (exact) mass is 538 g/mol. The smallest absolute Gasteiger partial charge is 0.228 e. The van der Waals surface area contributed by atoms with Crippen LogP contribution in [-0.2, 0) is 19.9 Å². The summed E-state index contributed by atoms with van der Waals surface area (Å²) < 4.78 is 9.47. The van der Waals surface area contributed by atoms with Crippen molar-refractivity contribution in [3.63, 3.8) is 0 Å². The molecule has 0 spiro atoms. The Morgan fingerprint density at radius 3 is 2.05 bits per heavy atom. The summed E-state index contributed by atoms with van der Waals surface area (Å²) in [6, 6.07) is 24.9. The van der Waals surface area contributed by atoms with Gasteiger partial charge in [-0.25, -0.2) is 4.57 Å². The number of hydrogen-bond acceptors (Lipinski definition) is 1. The van der Waals surface area contributed by atoms with Crippen molar-refractivity contribution in [3.05, 3.63) is 89.6 Å². The van der Waals surface area contributed by atoms with E-state index >= 15 is 0 Å². The molecular formula is C39H40NO+. The topological polar surface area (TPSA) is 13.1 Å². The summed E-state index contributed by atoms with van der Waals surface area (Å²) in [4.78, 5) is 0. The van der Waals surface area contributed by atoms with E-state index in [4.69, 9.17) is 4.74 Å². The van der Waals surface area contributed by atoms with Crippen molar-refractivity contribution >= 4 is 43.1 Å². The van der Waals surface area contributed by atoms with Crippen molar-refractivity contribution in [2.24, 2.45) is 17.9 Å². The maximum Gasteiger partial charge on any atom is 0.228 e. The van der Waals surface area contributed by atoms with Crippen LogP contribution in [-0.4, -0.2) is 0 Å². The van der Waals surface area contributed by atoms with Crippen LogP contribution in [0.2, 0.25) is 0 Å². The van der Waals surface area contributed by atoms with Crippen molar-refractivity contribution in [2.45, 2.75) is 61.3 Å². The minimum absolute atomic E-state index is 0.0999. The quantitative estimate of drug-likeness (QED) is 0.121. The minimum atomic E-state index is 0.0999. The maximum atomic E-state index is 7.16. The molecule has 1 aliphatic heterocycles. The molecule has 0 unspecified atom stereocenters. The van der Waals surface area contributed by atoms with E-state index in [1.165, 1.54) is 71.0 Å². The molecule has 5 aromatic carbocycles. The normalized spacial score (nSPS) is 13.3. The molecular weight excluding hydrogens is 498 g/mol. The molecule has 0 bridgehead atoms. The number of pyridine rings is 1. The number of ether oxygens (including phenoxy) is 1. The van der Waals surface area contributed by atoms with Gasteiger partial charge in [-0.1, -0.05) is 84.0 Å². The van der Waals surface area contributed by atoms with Crippen molar-refractivity contribution in [1.82, 2.24) is 0 Å². The van der Waals surface area contributed by atoms with Crippen molar-refractivity contribution < 1.29 is 9.30 Å². The molecule has 0 fully saturated rings. The van der Waals surface area contributed by atoms with Crippen LogP contribution < -0.4 is 9.30 Å². The molecule has 0 saturated carbocycles. The fourth-order valence-electron chi connectivity index (χ4n) is 7.04. The lowest BCUT2D eigenvalue weighted by Crippen LogP contribution is -2.32. The summed E-state index contributed by atoms with van der Waals surface area (Å²) in [6.07, 6.45) is 4.19. The van der Waals surface area contributed by atoms with Gasteiger partial charge in [-0.05, 0) is 92.2 Å². The summed E-state index contributed by atoms with van der Waals surface area (Å²) in [7, 11) is 2.18. The number of rotatable bonds is 2. The molecule has 2 heterocycles. The van der Waals surface area contributed by atoms with Gasteiger partial charge in [0, 0.05) is 17.0 Å². The van der Waals surface area contributed by atoms with Crippen molar-refractivity contribution in [2.75, 3.05) is 0 Å². The Kier molecular flexibility index (Phi) is 5.58. The van der Waals surface area contributed by atoms with Crippen LogP contribution in [0.5, 0.6) is 11.5 Å². The summed E-state index contributed by atoms with van der Waals surface area (Å²) >= 11 is 0. The van der Waals surface area contributed by atoms with E-state index in [9.17, 15) is 0 Å². The molecule has 0 saturated heterocycles. The van der Waals surface area contributed by atoms with Gasteiger partial charge in [-0.2, -0.15) is 0 Å². The summed E-state index contributed by atoms with van der Waals surface area (Å²) in [5.41, 5.74) is 6.76. The summed E-state index contributed by atoms with van der Waals surface area (Å²) in [5, 5.41) is 10.3. The average molecular weight is 539 g/mol. The second kappa shape index (κ2) is 8.79. The van der Waals surface area contributed by atoms with Crippen LogP contribution in [0.15, 0.2) is 72.9 Å². The third-order valence-corrected chi connectivity index (χ3v) is 8.70. The second-order valence-corrected chi connectivity index (χ2v) is 14.6. The first-order valence-corrected chi connectivity index (χ1v) is 14.9. The van der Waals surface area contributed by atoms with Gasteiger partial charge in [-0.15, -0.1) is 0 Å². The van der Waals surface area contributed by atoms with E-state index in [-0.39, 0.29) is 10.8 Å². The zero-order chi connectivity index (χ0) is 28.8. The first kappa shape index (κ1) is 26.0. The largest absolute Gasteiger partial charge is 0.455 e. The number of fused-ring (bicyclic) bond motifs is 6. The van der Waals surface area contributed by atoms with Gasteiger partial charge < -0.3 is 4.74 Å². The molecule has 0 atom stereocenters. The number of benzene rings is 5. The van der Waals surface area contributed by atoms with Crippen LogP contribution in [0.1, 0.15) is 58.2 Å². The van der Waals surface area contributed by atoms with Crippen LogP contribution in [0.3, 0.4) is 0 Å². The molecule has 0 N–H and O–H groups in total. The van der Waals surface area contributed by atoms with Crippen LogP contribution >= 0.6 is 0 Å². The third-order valence-electron chi connectivity index (χ3n) is 8.70. The summed E-state index contributed by atoms with van der Waals surface area (Å²) in [6.45, 7) is 16.2. The van der Waals surface area contributed by atoms with Gasteiger partial charge in [0.15, 0.2) is 6.20 Å². The molecule has 6 aromatic rings. The molecule has 0 radical (unpaired) electrons. The van der Waals surface area contributed by atoms with E-state index in [1.54, 1.807) is 0 Å². The van der Waals surface area contributed by atoms with Gasteiger partial charge in [-0.3, -0.25) is 0 Å². The standard InChI is InChI=1S/C39H40NO/c1-23-29-18-24-12-9-10-13-25(24)19-31(29)32(22-39(5,6)7)37-34(23)36-35-28(16-17-40(36)8)27-15-11-14-26(21-38(2,3)4)30(27)20-33(35)41-37/h9-20H,21-22H2,1-8H3/q+1. The highest BCUT2D eigenvalue weighted by atomic mass is 16.5. The molecule has 1 aromatic heterocycles. The second-order valence-electron chi connectivity index (χ2n) is 14.6. The Morgan fingerprint density at radius 1 is 0.683 bits per heavy atom. The van der Waals surface area contributed by atoms with Crippen molar-refractivity contribution in [1.29, 1.82) is 0 Å². The Balaban J connectivity index is 1.63. The summed E-state index contributed by atoms with van der Waals surface area (Å²) in [5.74, 6) is 2.01. The van der Waals surface area contributed by atoms with E-state index in [1.807, 2.05) is 0 Å². The van der Waals surface area contributed by atoms with E-state index in [0.29, 0.717) is 0 Å². The highest BCUT2D eigenvalue weighted by molar-refractivity contribution is 6.17. The Hall–Kier alpha value is -3.91. The van der Waals surface area contributed by atoms with Gasteiger partial charge in [0.25, 0.3) is 0 Å². The highest BCUT2D eigenvalue weighted by Gasteiger charge is 2.34. The first-order valence-electron chi connectivity index (χ1n) is 14.9. The molecule has 41 heavy (non-hydrogen) atoms. The van der Waals surface area contributed by atoms with Crippen LogP contribution in [0.4, 0.5) is 0 Å². The third kappa shape index (κ3) is 4.19. The number of aryl methyl sites for hydroxylation is 2. The van der Waals surface area contributed by atoms with Gasteiger partial charge in [0.2, 0.25) is 5.69 Å². The minimum Gasteiger partial charge on any atom is -0.455 e. The number of hydrogen-bond donors (Lipinski definition) is 0. The predicted molar refractivity (Wildman–Crippen MR) is 174 cm³/mol. The highest BCUT2D eigenvalue weighted by Crippen LogP contribution is 2.53. The zero-order valence-electron chi connectivity index (χ0n) is 25.7. The lowest BCUT2D eigenvalue weighted by molar-refractivity contribution is -0.659. The molecule has 0 amide bonds. The lowest BCUT2D eigenvalue weighted by Gasteiger charge is -2.29. The van der Waals surface area contributed by atoms with E-state index in [2.05, 4.69) is 133 Å². The number of aromatic nitrogens is 1. The SMILES string of the molecule is Cc1c2c(c(CC(C)(C)C)c3cc4ccccc4cc13)Oc1cc3c(CC(C)(C)C)cccc3c3cc[n+](C)c-2c13. The molecule has 2 nitrogen and oxygen atoms in total. The Bertz CT molecular complexity index is 2050. The fraction of sp³-hybridized carbons (Fsp3) is 0.308. The average Bonchev–Trinajstić information content (AvgIpc) is 2.90. The predicted octanol–water partition coefficient (Wildman–Crippen LogP) is 10.4. The molecule has 0 aliphatic carbocycles. The van der Waals surface area contributed by atoms with Gasteiger partial charge in [0.1, 0.15) is 18.5 Å². The van der Waals surface area contributed by atoms with Crippen LogP contribution in [0.25, 0.3) is 54.3 Å². The first-order chi connectivity index (χ1) is 19.4. The molecule has 7 rings (SSSR count).